The summed E-state index contributed by atoms with van der Waals surface area (Å²) in [6, 6.07) is 0. The van der Waals surface area contributed by atoms with E-state index in [0.717, 1.165) is 22.5 Å². The van der Waals surface area contributed by atoms with Gasteiger partial charge in [0.15, 0.2) is 5.78 Å². The molecule has 1 aliphatic carbocycles. The van der Waals surface area contributed by atoms with Gasteiger partial charge in [0.1, 0.15) is 5.76 Å². The Morgan fingerprint density at radius 2 is 2.29 bits per heavy atom. The zero-order valence-corrected chi connectivity index (χ0v) is 10.7. The summed E-state index contributed by atoms with van der Waals surface area (Å²) in [5.74, 6) is 0.712. The SMILES string of the molecule is C=C[C@]1(C)Cc2occ(C)c2C(=O)[C@@H]1C(=C)C. The van der Waals surface area contributed by atoms with E-state index < -0.39 is 0 Å². The number of allylic oxidation sites excluding steroid dienone is 2. The number of furan rings is 1. The van der Waals surface area contributed by atoms with Crippen LogP contribution in [0.5, 0.6) is 0 Å². The molecule has 0 aromatic carbocycles. The second kappa shape index (κ2) is 3.73. The minimum atomic E-state index is -0.291. The van der Waals surface area contributed by atoms with Gasteiger partial charge >= 0.3 is 0 Å². The maximum Gasteiger partial charge on any atom is 0.174 e. The molecule has 1 aromatic rings. The van der Waals surface area contributed by atoms with E-state index in [1.807, 2.05) is 26.8 Å². The summed E-state index contributed by atoms with van der Waals surface area (Å²) in [5, 5.41) is 0. The van der Waals surface area contributed by atoms with Gasteiger partial charge in [-0.3, -0.25) is 4.79 Å². The van der Waals surface area contributed by atoms with Crippen LogP contribution in [0.4, 0.5) is 0 Å². The maximum absolute atomic E-state index is 12.5. The molecule has 0 unspecified atom stereocenters. The largest absolute Gasteiger partial charge is 0.468 e. The first-order valence-corrected chi connectivity index (χ1v) is 5.81. The molecule has 2 atom stereocenters. The van der Waals surface area contributed by atoms with Gasteiger partial charge in [-0.25, -0.2) is 0 Å². The molecule has 17 heavy (non-hydrogen) atoms. The van der Waals surface area contributed by atoms with Crippen molar-refractivity contribution in [2.45, 2.75) is 27.2 Å². The molecule has 0 spiro atoms. The van der Waals surface area contributed by atoms with Crippen LogP contribution in [0.15, 0.2) is 35.5 Å². The summed E-state index contributed by atoms with van der Waals surface area (Å²) in [6.07, 6.45) is 4.22. The molecule has 1 aromatic heterocycles. The lowest BCUT2D eigenvalue weighted by Crippen LogP contribution is -2.39. The Balaban J connectivity index is 2.62. The van der Waals surface area contributed by atoms with E-state index >= 15 is 0 Å². The van der Waals surface area contributed by atoms with Crippen molar-refractivity contribution in [1.29, 1.82) is 0 Å². The van der Waals surface area contributed by atoms with E-state index in [1.165, 1.54) is 0 Å². The van der Waals surface area contributed by atoms with Gasteiger partial charge in [-0.2, -0.15) is 0 Å². The summed E-state index contributed by atoms with van der Waals surface area (Å²) in [5.41, 5.74) is 2.27. The molecule has 0 saturated carbocycles. The lowest BCUT2D eigenvalue weighted by atomic mass is 9.64. The summed E-state index contributed by atoms with van der Waals surface area (Å²) in [7, 11) is 0. The number of aryl methyl sites for hydroxylation is 1. The van der Waals surface area contributed by atoms with Gasteiger partial charge in [0.2, 0.25) is 0 Å². The average molecular weight is 230 g/mol. The normalized spacial score (nSPS) is 27.7. The summed E-state index contributed by atoms with van der Waals surface area (Å²) >= 11 is 0. The lowest BCUT2D eigenvalue weighted by molar-refractivity contribution is 0.0833. The Morgan fingerprint density at radius 3 is 2.82 bits per heavy atom. The second-order valence-corrected chi connectivity index (χ2v) is 5.25. The third-order valence-electron chi connectivity index (χ3n) is 3.72. The Hall–Kier alpha value is -1.57. The number of fused-ring (bicyclic) bond motifs is 1. The van der Waals surface area contributed by atoms with Crippen LogP contribution in [0.2, 0.25) is 0 Å². The quantitative estimate of drug-likeness (QED) is 0.725. The molecular formula is C15H18O2. The van der Waals surface area contributed by atoms with Crippen molar-refractivity contribution in [2.75, 3.05) is 0 Å². The standard InChI is InChI=1S/C15H18O2/c1-6-15(5)7-11-12(10(4)8-17-11)14(16)13(15)9(2)3/h6,8,13H,1-2,7H2,3-5H3/t13-,15+/m0/s1. The van der Waals surface area contributed by atoms with E-state index in [1.54, 1.807) is 6.26 Å². The molecule has 0 fully saturated rings. The average Bonchev–Trinajstić information content (AvgIpc) is 2.59. The molecule has 2 heteroatoms. The second-order valence-electron chi connectivity index (χ2n) is 5.25. The number of hydrogen-bond acceptors (Lipinski definition) is 2. The molecular weight excluding hydrogens is 212 g/mol. The predicted octanol–water partition coefficient (Wildman–Crippen LogP) is 3.71. The van der Waals surface area contributed by atoms with Gasteiger partial charge in [-0.1, -0.05) is 25.2 Å². The van der Waals surface area contributed by atoms with Crippen LogP contribution in [-0.2, 0) is 6.42 Å². The minimum Gasteiger partial charge on any atom is -0.468 e. The van der Waals surface area contributed by atoms with Crippen LogP contribution in [0.1, 0.15) is 35.5 Å². The van der Waals surface area contributed by atoms with Gasteiger partial charge in [0.25, 0.3) is 0 Å². The van der Waals surface area contributed by atoms with Crippen molar-refractivity contribution >= 4 is 5.78 Å². The van der Waals surface area contributed by atoms with Crippen molar-refractivity contribution < 1.29 is 9.21 Å². The maximum atomic E-state index is 12.5. The fraction of sp³-hybridized carbons (Fsp3) is 0.400. The Labute approximate surface area is 102 Å². The third-order valence-corrected chi connectivity index (χ3v) is 3.72. The van der Waals surface area contributed by atoms with Crippen molar-refractivity contribution in [3.8, 4) is 0 Å². The van der Waals surface area contributed by atoms with Crippen LogP contribution in [-0.4, -0.2) is 5.78 Å². The van der Waals surface area contributed by atoms with E-state index in [2.05, 4.69) is 13.2 Å². The number of ketones is 1. The number of rotatable bonds is 2. The fourth-order valence-corrected chi connectivity index (χ4v) is 2.83. The summed E-state index contributed by atoms with van der Waals surface area (Å²) < 4.78 is 5.48. The highest BCUT2D eigenvalue weighted by Crippen LogP contribution is 2.45. The van der Waals surface area contributed by atoms with Gasteiger partial charge < -0.3 is 4.42 Å². The fourth-order valence-electron chi connectivity index (χ4n) is 2.83. The smallest absolute Gasteiger partial charge is 0.174 e. The van der Waals surface area contributed by atoms with Crippen molar-refractivity contribution in [3.05, 3.63) is 48.0 Å². The molecule has 0 bridgehead atoms. The summed E-state index contributed by atoms with van der Waals surface area (Å²) in [4.78, 5) is 12.5. The molecule has 2 nitrogen and oxygen atoms in total. The Morgan fingerprint density at radius 1 is 1.65 bits per heavy atom. The van der Waals surface area contributed by atoms with Gasteiger partial charge in [-0.15, -0.1) is 6.58 Å². The minimum absolute atomic E-state index is 0.118. The highest BCUT2D eigenvalue weighted by atomic mass is 16.3. The van der Waals surface area contributed by atoms with Crippen molar-refractivity contribution in [3.63, 3.8) is 0 Å². The highest BCUT2D eigenvalue weighted by molar-refractivity contribution is 6.03. The number of carbonyl (C=O) groups is 1. The first kappa shape index (κ1) is 11.9. The van der Waals surface area contributed by atoms with E-state index in [0.29, 0.717) is 6.42 Å². The highest BCUT2D eigenvalue weighted by Gasteiger charge is 2.45. The number of carbonyl (C=O) groups excluding carboxylic acids is 1. The van der Waals surface area contributed by atoms with E-state index in [4.69, 9.17) is 4.42 Å². The van der Waals surface area contributed by atoms with Crippen LogP contribution >= 0.6 is 0 Å². The lowest BCUT2D eigenvalue weighted by Gasteiger charge is -2.37. The predicted molar refractivity (Wildman–Crippen MR) is 68.1 cm³/mol. The van der Waals surface area contributed by atoms with Gasteiger partial charge in [-0.05, 0) is 19.4 Å². The Bertz CT molecular complexity index is 507. The molecule has 0 saturated heterocycles. The molecule has 1 aliphatic rings. The third kappa shape index (κ3) is 1.59. The molecule has 0 aliphatic heterocycles. The Kier molecular flexibility index (Phi) is 2.61. The molecule has 0 amide bonds. The van der Waals surface area contributed by atoms with E-state index in [9.17, 15) is 4.79 Å². The summed E-state index contributed by atoms with van der Waals surface area (Å²) in [6.45, 7) is 13.7. The van der Waals surface area contributed by atoms with Crippen LogP contribution in [0.25, 0.3) is 0 Å². The first-order valence-electron chi connectivity index (χ1n) is 5.81. The molecule has 0 N–H and O–H groups in total. The van der Waals surface area contributed by atoms with Crippen LogP contribution in [0.3, 0.4) is 0 Å². The molecule has 0 radical (unpaired) electrons. The molecule has 2 rings (SSSR count). The van der Waals surface area contributed by atoms with Crippen molar-refractivity contribution in [2.24, 2.45) is 11.3 Å². The molecule has 1 heterocycles. The first-order chi connectivity index (χ1) is 7.90. The van der Waals surface area contributed by atoms with Crippen molar-refractivity contribution in [1.82, 2.24) is 0 Å². The monoisotopic (exact) mass is 230 g/mol. The molecule has 90 valence electrons. The van der Waals surface area contributed by atoms with Crippen LogP contribution in [0, 0.1) is 18.3 Å². The number of Topliss-reactive ketones (excluding diaryl/α,β-unsaturated/α-hetero) is 1. The number of hydrogen-bond donors (Lipinski definition) is 0. The van der Waals surface area contributed by atoms with Crippen LogP contribution < -0.4 is 0 Å². The zero-order chi connectivity index (χ0) is 12.8. The van der Waals surface area contributed by atoms with E-state index in [-0.39, 0.29) is 17.1 Å². The topological polar surface area (TPSA) is 30.2 Å². The van der Waals surface area contributed by atoms with Gasteiger partial charge in [0.05, 0.1) is 17.7 Å². The zero-order valence-electron chi connectivity index (χ0n) is 10.7. The van der Waals surface area contributed by atoms with Gasteiger partial charge in [0, 0.05) is 11.8 Å².